The van der Waals surface area contributed by atoms with Crippen molar-refractivity contribution in [3.8, 4) is 0 Å². The van der Waals surface area contributed by atoms with Crippen LogP contribution < -0.4 is 0 Å². The van der Waals surface area contributed by atoms with Gasteiger partial charge in [0.05, 0.1) is 0 Å². The Kier molecular flexibility index (Phi) is 2.47. The van der Waals surface area contributed by atoms with Crippen LogP contribution >= 0.6 is 0 Å². The number of carbonyl (C=O) groups is 1. The lowest BCUT2D eigenvalue weighted by molar-refractivity contribution is -0.117. The summed E-state index contributed by atoms with van der Waals surface area (Å²) in [4.78, 5) is 11.0. The predicted octanol–water partition coefficient (Wildman–Crippen LogP) is 2.40. The van der Waals surface area contributed by atoms with E-state index in [0.29, 0.717) is 17.6 Å². The van der Waals surface area contributed by atoms with Crippen molar-refractivity contribution < 1.29 is 4.79 Å². The number of rotatable bonds is 2. The first-order valence-electron chi connectivity index (χ1n) is 4.29. The molecule has 0 saturated heterocycles. The van der Waals surface area contributed by atoms with Gasteiger partial charge in [-0.25, -0.2) is 0 Å². The number of hydrogen-bond donors (Lipinski definition) is 0. The van der Waals surface area contributed by atoms with Crippen molar-refractivity contribution in [2.75, 3.05) is 0 Å². The molecule has 0 radical (unpaired) electrons. The van der Waals surface area contributed by atoms with E-state index in [1.807, 2.05) is 0 Å². The summed E-state index contributed by atoms with van der Waals surface area (Å²) in [5, 5.41) is 0. The minimum Gasteiger partial charge on any atom is -0.300 e. The molecule has 0 spiro atoms. The molecule has 0 aromatic carbocycles. The third-order valence-corrected chi connectivity index (χ3v) is 2.70. The Morgan fingerprint density at radius 3 is 1.90 bits per heavy atom. The first kappa shape index (κ1) is 7.77. The Bertz CT molecular complexity index is 115. The van der Waals surface area contributed by atoms with E-state index >= 15 is 0 Å². The second kappa shape index (κ2) is 3.18. The smallest absolute Gasteiger partial charge is 0.133 e. The van der Waals surface area contributed by atoms with Crippen molar-refractivity contribution in [1.82, 2.24) is 0 Å². The van der Waals surface area contributed by atoms with Crippen LogP contribution in [0.25, 0.3) is 0 Å². The molecule has 1 fully saturated rings. The van der Waals surface area contributed by atoms with E-state index in [1.54, 1.807) is 0 Å². The average Bonchev–Trinajstić information content (AvgIpc) is 2.30. The molecule has 0 unspecified atom stereocenters. The highest BCUT2D eigenvalue weighted by Gasteiger charge is 2.29. The summed E-state index contributed by atoms with van der Waals surface area (Å²) in [7, 11) is 0. The zero-order valence-electron chi connectivity index (χ0n) is 6.89. The molecule has 1 aliphatic carbocycles. The van der Waals surface area contributed by atoms with Gasteiger partial charge in [-0.3, -0.25) is 4.79 Å². The topological polar surface area (TPSA) is 17.1 Å². The van der Waals surface area contributed by atoms with E-state index in [2.05, 4.69) is 13.8 Å². The molecule has 0 aliphatic heterocycles. The van der Waals surface area contributed by atoms with Crippen LogP contribution in [0, 0.1) is 11.8 Å². The lowest BCUT2D eigenvalue weighted by Crippen LogP contribution is -2.04. The lowest BCUT2D eigenvalue weighted by atomic mass is 9.92. The molecule has 0 aromatic rings. The third kappa shape index (κ3) is 1.39. The maximum absolute atomic E-state index is 11.0. The molecular formula is C9H16O. The normalized spacial score (nSPS) is 33.2. The van der Waals surface area contributed by atoms with Gasteiger partial charge in [-0.15, -0.1) is 0 Å². The largest absolute Gasteiger partial charge is 0.300 e. The average molecular weight is 140 g/mol. The lowest BCUT2D eigenvalue weighted by Gasteiger charge is -2.13. The molecule has 58 valence electrons. The molecule has 0 bridgehead atoms. The molecule has 1 heteroatoms. The van der Waals surface area contributed by atoms with E-state index in [1.165, 1.54) is 12.8 Å². The predicted molar refractivity (Wildman–Crippen MR) is 41.8 cm³/mol. The standard InChI is InChI=1S/C9H16O/c1-3-7-5-9(10)6-8(7)4-2/h7-8H,3-6H2,1-2H3/t7-,8-/m1/s1. The Morgan fingerprint density at radius 1 is 1.20 bits per heavy atom. The van der Waals surface area contributed by atoms with Gasteiger partial charge in [-0.05, 0) is 11.8 Å². The Morgan fingerprint density at radius 2 is 1.60 bits per heavy atom. The van der Waals surface area contributed by atoms with Crippen LogP contribution in [0.15, 0.2) is 0 Å². The molecule has 0 N–H and O–H groups in total. The summed E-state index contributed by atoms with van der Waals surface area (Å²) >= 11 is 0. The minimum atomic E-state index is 0.485. The summed E-state index contributed by atoms with van der Waals surface area (Å²) in [5.74, 6) is 1.90. The van der Waals surface area contributed by atoms with E-state index in [-0.39, 0.29) is 0 Å². The fraction of sp³-hybridized carbons (Fsp3) is 0.889. The monoisotopic (exact) mass is 140 g/mol. The van der Waals surface area contributed by atoms with Crippen molar-refractivity contribution in [2.45, 2.75) is 39.5 Å². The molecule has 1 rings (SSSR count). The Balaban J connectivity index is 2.48. The fourth-order valence-electron chi connectivity index (χ4n) is 1.96. The quantitative estimate of drug-likeness (QED) is 0.575. The Labute approximate surface area is 62.8 Å². The molecule has 0 heterocycles. The highest BCUT2D eigenvalue weighted by Crippen LogP contribution is 2.33. The summed E-state index contributed by atoms with van der Waals surface area (Å²) in [6.07, 6.45) is 4.08. The second-order valence-electron chi connectivity index (χ2n) is 3.28. The molecule has 1 saturated carbocycles. The molecule has 0 aromatic heterocycles. The van der Waals surface area contributed by atoms with E-state index < -0.39 is 0 Å². The number of carbonyl (C=O) groups excluding carboxylic acids is 1. The highest BCUT2D eigenvalue weighted by atomic mass is 16.1. The maximum atomic E-state index is 11.0. The second-order valence-corrected chi connectivity index (χ2v) is 3.28. The number of hydrogen-bond acceptors (Lipinski definition) is 1. The minimum absolute atomic E-state index is 0.485. The Hall–Kier alpha value is -0.330. The zero-order valence-corrected chi connectivity index (χ0v) is 6.89. The molecule has 0 amide bonds. The van der Waals surface area contributed by atoms with Gasteiger partial charge in [0.15, 0.2) is 0 Å². The van der Waals surface area contributed by atoms with Crippen molar-refractivity contribution >= 4 is 5.78 Å². The SMILES string of the molecule is CC[C@@H]1CC(=O)C[C@H]1CC. The zero-order chi connectivity index (χ0) is 7.56. The number of ketones is 1. The fourth-order valence-corrected chi connectivity index (χ4v) is 1.96. The van der Waals surface area contributed by atoms with Crippen LogP contribution in [0.2, 0.25) is 0 Å². The van der Waals surface area contributed by atoms with Gasteiger partial charge in [0.2, 0.25) is 0 Å². The summed E-state index contributed by atoms with van der Waals surface area (Å²) in [6, 6.07) is 0. The summed E-state index contributed by atoms with van der Waals surface area (Å²) in [6.45, 7) is 4.37. The number of Topliss-reactive ketones (excluding diaryl/α,β-unsaturated/α-hetero) is 1. The van der Waals surface area contributed by atoms with Crippen LogP contribution in [-0.2, 0) is 4.79 Å². The third-order valence-electron chi connectivity index (χ3n) is 2.70. The van der Waals surface area contributed by atoms with Gasteiger partial charge in [-0.2, -0.15) is 0 Å². The van der Waals surface area contributed by atoms with Crippen molar-refractivity contribution in [3.63, 3.8) is 0 Å². The molecule has 10 heavy (non-hydrogen) atoms. The first-order valence-corrected chi connectivity index (χ1v) is 4.29. The van der Waals surface area contributed by atoms with E-state index in [4.69, 9.17) is 0 Å². The van der Waals surface area contributed by atoms with Gasteiger partial charge < -0.3 is 0 Å². The van der Waals surface area contributed by atoms with Crippen LogP contribution in [0.1, 0.15) is 39.5 Å². The van der Waals surface area contributed by atoms with Gasteiger partial charge in [0.1, 0.15) is 5.78 Å². The van der Waals surface area contributed by atoms with Crippen molar-refractivity contribution in [3.05, 3.63) is 0 Å². The molecule has 1 aliphatic rings. The van der Waals surface area contributed by atoms with Crippen molar-refractivity contribution in [2.24, 2.45) is 11.8 Å². The van der Waals surface area contributed by atoms with E-state index in [9.17, 15) is 4.79 Å². The van der Waals surface area contributed by atoms with Crippen LogP contribution in [-0.4, -0.2) is 5.78 Å². The van der Waals surface area contributed by atoms with Crippen LogP contribution in [0.4, 0.5) is 0 Å². The first-order chi connectivity index (χ1) is 4.77. The van der Waals surface area contributed by atoms with Gasteiger partial charge in [-0.1, -0.05) is 26.7 Å². The van der Waals surface area contributed by atoms with Gasteiger partial charge >= 0.3 is 0 Å². The summed E-state index contributed by atoms with van der Waals surface area (Å²) in [5.41, 5.74) is 0. The maximum Gasteiger partial charge on any atom is 0.133 e. The summed E-state index contributed by atoms with van der Waals surface area (Å²) < 4.78 is 0. The molecule has 2 atom stereocenters. The van der Waals surface area contributed by atoms with Crippen LogP contribution in [0.5, 0.6) is 0 Å². The highest BCUT2D eigenvalue weighted by molar-refractivity contribution is 5.81. The van der Waals surface area contributed by atoms with E-state index in [0.717, 1.165) is 12.8 Å². The van der Waals surface area contributed by atoms with Crippen molar-refractivity contribution in [1.29, 1.82) is 0 Å². The van der Waals surface area contributed by atoms with Crippen LogP contribution in [0.3, 0.4) is 0 Å². The molecular weight excluding hydrogens is 124 g/mol. The van der Waals surface area contributed by atoms with Gasteiger partial charge in [0, 0.05) is 12.8 Å². The molecule has 1 nitrogen and oxygen atoms in total. The van der Waals surface area contributed by atoms with Gasteiger partial charge in [0.25, 0.3) is 0 Å².